The predicted molar refractivity (Wildman–Crippen MR) is 122 cm³/mol. The predicted octanol–water partition coefficient (Wildman–Crippen LogP) is 6.29. The first-order valence-electron chi connectivity index (χ1n) is 9.57. The average Bonchev–Trinajstić information content (AvgIpc) is 2.70. The van der Waals surface area contributed by atoms with Crippen LogP contribution < -0.4 is 5.32 Å². The zero-order chi connectivity index (χ0) is 20.2. The van der Waals surface area contributed by atoms with Gasteiger partial charge in [0.25, 0.3) is 0 Å². The number of anilines is 1. The Bertz CT molecular complexity index is 940. The molecule has 0 saturated carbocycles. The third-order valence-corrected chi connectivity index (χ3v) is 4.10. The summed E-state index contributed by atoms with van der Waals surface area (Å²) in [6.45, 7) is 10.5. The summed E-state index contributed by atoms with van der Waals surface area (Å²) in [7, 11) is 0. The van der Waals surface area contributed by atoms with Gasteiger partial charge in [-0.2, -0.15) is 0 Å². The van der Waals surface area contributed by atoms with E-state index in [1.807, 2.05) is 69.3 Å². The van der Waals surface area contributed by atoms with Crippen molar-refractivity contribution in [1.82, 2.24) is 9.97 Å². The number of aryl methyl sites for hydroxylation is 1. The van der Waals surface area contributed by atoms with Gasteiger partial charge < -0.3 is 5.32 Å². The van der Waals surface area contributed by atoms with E-state index in [-0.39, 0.29) is 0 Å². The minimum absolute atomic E-state index is 0.859. The van der Waals surface area contributed by atoms with Crippen molar-refractivity contribution in [2.24, 2.45) is 0 Å². The molecule has 2 aromatic carbocycles. The fourth-order valence-corrected chi connectivity index (χ4v) is 2.73. The van der Waals surface area contributed by atoms with Gasteiger partial charge in [-0.1, -0.05) is 78.9 Å². The second kappa shape index (κ2) is 11.5. The standard InChI is InChI=1S/C17H17N3.C8H12/c1-13-17(18-12-11-14-7-3-2-4-8-14)20-16-10-6-5-9-15(16)19-13;1-4-6-8(3)7-5-2/h2-10H,11-12H2,1H3,(H,18,20);4-7H,1H2,2-3H3/b;7-5-,8-6-. The number of aromatic nitrogens is 2. The van der Waals surface area contributed by atoms with Gasteiger partial charge in [0.1, 0.15) is 5.82 Å². The van der Waals surface area contributed by atoms with Gasteiger partial charge in [-0.15, -0.1) is 0 Å². The maximum Gasteiger partial charge on any atom is 0.148 e. The maximum absolute atomic E-state index is 4.63. The molecule has 1 N–H and O–H groups in total. The van der Waals surface area contributed by atoms with Crippen molar-refractivity contribution < 1.29 is 0 Å². The molecule has 0 saturated heterocycles. The van der Waals surface area contributed by atoms with E-state index in [4.69, 9.17) is 0 Å². The minimum atomic E-state index is 0.859. The molecule has 0 radical (unpaired) electrons. The molecule has 0 fully saturated rings. The first-order chi connectivity index (χ1) is 13.6. The van der Waals surface area contributed by atoms with Gasteiger partial charge >= 0.3 is 0 Å². The van der Waals surface area contributed by atoms with E-state index >= 15 is 0 Å². The minimum Gasteiger partial charge on any atom is -0.368 e. The highest BCUT2D eigenvalue weighted by Gasteiger charge is 2.04. The van der Waals surface area contributed by atoms with Gasteiger partial charge in [0.2, 0.25) is 0 Å². The van der Waals surface area contributed by atoms with Crippen LogP contribution in [0.25, 0.3) is 11.0 Å². The summed E-state index contributed by atoms with van der Waals surface area (Å²) in [4.78, 5) is 9.21. The summed E-state index contributed by atoms with van der Waals surface area (Å²) in [5, 5.41) is 3.38. The average molecular weight is 372 g/mol. The fraction of sp³-hybridized carbons (Fsp3) is 0.200. The number of benzene rings is 2. The van der Waals surface area contributed by atoms with Crippen molar-refractivity contribution in [3.63, 3.8) is 0 Å². The summed E-state index contributed by atoms with van der Waals surface area (Å²) in [5.74, 6) is 0.875. The van der Waals surface area contributed by atoms with Crippen LogP contribution in [0.5, 0.6) is 0 Å². The van der Waals surface area contributed by atoms with E-state index in [2.05, 4.69) is 46.1 Å². The SMILES string of the molecule is C=C/C=C(C)\C=C/C.Cc1nc2ccccc2nc1NCCc1ccccc1. The van der Waals surface area contributed by atoms with Crippen LogP contribution in [0.3, 0.4) is 0 Å². The molecule has 0 aliphatic carbocycles. The fourth-order valence-electron chi connectivity index (χ4n) is 2.73. The van der Waals surface area contributed by atoms with Gasteiger partial charge in [0.15, 0.2) is 0 Å². The van der Waals surface area contributed by atoms with E-state index in [1.54, 1.807) is 6.08 Å². The third kappa shape index (κ3) is 6.84. The number of nitrogens with one attached hydrogen (secondary N) is 1. The molecule has 3 rings (SSSR count). The van der Waals surface area contributed by atoms with Crippen LogP contribution in [0.2, 0.25) is 0 Å². The second-order valence-electron chi connectivity index (χ2n) is 6.46. The number of allylic oxidation sites excluding steroid dienone is 5. The Labute approximate surface area is 168 Å². The van der Waals surface area contributed by atoms with Gasteiger partial charge in [-0.25, -0.2) is 9.97 Å². The molecule has 0 bridgehead atoms. The first kappa shape index (κ1) is 21.1. The highest BCUT2D eigenvalue weighted by Crippen LogP contribution is 2.15. The molecule has 0 aliphatic rings. The number of rotatable bonds is 6. The normalized spacial score (nSPS) is 11.2. The Morgan fingerprint density at radius 2 is 1.64 bits per heavy atom. The molecule has 0 unspecified atom stereocenters. The Kier molecular flexibility index (Phi) is 8.67. The van der Waals surface area contributed by atoms with Crippen LogP contribution >= 0.6 is 0 Å². The third-order valence-electron chi connectivity index (χ3n) is 4.10. The number of nitrogens with zero attached hydrogens (tertiary/aromatic N) is 2. The van der Waals surface area contributed by atoms with E-state index in [0.29, 0.717) is 0 Å². The zero-order valence-electron chi connectivity index (χ0n) is 17.0. The number of fused-ring (bicyclic) bond motifs is 1. The van der Waals surface area contributed by atoms with Crippen molar-refractivity contribution in [2.45, 2.75) is 27.2 Å². The number of hydrogen-bond acceptors (Lipinski definition) is 3. The van der Waals surface area contributed by atoms with Crippen LogP contribution in [-0.4, -0.2) is 16.5 Å². The topological polar surface area (TPSA) is 37.8 Å². The van der Waals surface area contributed by atoms with Gasteiger partial charge in [-0.3, -0.25) is 0 Å². The van der Waals surface area contributed by atoms with Crippen molar-refractivity contribution in [3.05, 3.63) is 102 Å². The lowest BCUT2D eigenvalue weighted by Gasteiger charge is -2.09. The summed E-state index contributed by atoms with van der Waals surface area (Å²) in [6.07, 6.45) is 8.79. The van der Waals surface area contributed by atoms with Gasteiger partial charge in [0.05, 0.1) is 16.7 Å². The Balaban J connectivity index is 0.000000300. The second-order valence-corrected chi connectivity index (χ2v) is 6.46. The van der Waals surface area contributed by atoms with Crippen LogP contribution in [0.4, 0.5) is 5.82 Å². The Morgan fingerprint density at radius 3 is 2.29 bits per heavy atom. The molecule has 3 aromatic rings. The molecule has 3 heteroatoms. The van der Waals surface area contributed by atoms with Crippen molar-refractivity contribution in [2.75, 3.05) is 11.9 Å². The smallest absolute Gasteiger partial charge is 0.148 e. The first-order valence-corrected chi connectivity index (χ1v) is 9.57. The molecule has 144 valence electrons. The van der Waals surface area contributed by atoms with Gasteiger partial charge in [-0.05, 0) is 44.9 Å². The molecule has 0 amide bonds. The summed E-state index contributed by atoms with van der Waals surface area (Å²) < 4.78 is 0. The summed E-state index contributed by atoms with van der Waals surface area (Å²) >= 11 is 0. The lowest BCUT2D eigenvalue weighted by Crippen LogP contribution is -2.08. The van der Waals surface area contributed by atoms with E-state index in [0.717, 1.165) is 35.5 Å². The molecule has 0 atom stereocenters. The van der Waals surface area contributed by atoms with Crippen LogP contribution in [0.1, 0.15) is 25.1 Å². The molecule has 0 spiro atoms. The van der Waals surface area contributed by atoms with Crippen LogP contribution in [0, 0.1) is 6.92 Å². The monoisotopic (exact) mass is 371 g/mol. The van der Waals surface area contributed by atoms with E-state index in [1.165, 1.54) is 11.1 Å². The zero-order valence-corrected chi connectivity index (χ0v) is 17.0. The highest BCUT2D eigenvalue weighted by molar-refractivity contribution is 5.76. The van der Waals surface area contributed by atoms with Crippen molar-refractivity contribution in [3.8, 4) is 0 Å². The maximum atomic E-state index is 4.63. The number of para-hydroxylation sites is 2. The number of hydrogen-bond donors (Lipinski definition) is 1. The molecular weight excluding hydrogens is 342 g/mol. The molecule has 3 nitrogen and oxygen atoms in total. The van der Waals surface area contributed by atoms with Gasteiger partial charge in [0, 0.05) is 6.54 Å². The Hall–Kier alpha value is -3.20. The van der Waals surface area contributed by atoms with Crippen molar-refractivity contribution >= 4 is 16.9 Å². The lowest BCUT2D eigenvalue weighted by molar-refractivity contribution is 0.997. The molecule has 1 heterocycles. The van der Waals surface area contributed by atoms with E-state index in [9.17, 15) is 0 Å². The quantitative estimate of drug-likeness (QED) is 0.518. The summed E-state index contributed by atoms with van der Waals surface area (Å²) in [5.41, 5.74) is 5.38. The highest BCUT2D eigenvalue weighted by atomic mass is 15.0. The lowest BCUT2D eigenvalue weighted by atomic mass is 10.1. The molecule has 1 aromatic heterocycles. The summed E-state index contributed by atoms with van der Waals surface area (Å²) in [6, 6.07) is 18.4. The Morgan fingerprint density at radius 1 is 1.00 bits per heavy atom. The van der Waals surface area contributed by atoms with Crippen LogP contribution in [-0.2, 0) is 6.42 Å². The van der Waals surface area contributed by atoms with Crippen LogP contribution in [0.15, 0.2) is 91.1 Å². The van der Waals surface area contributed by atoms with E-state index < -0.39 is 0 Å². The molecule has 0 aliphatic heterocycles. The van der Waals surface area contributed by atoms with Crippen molar-refractivity contribution in [1.29, 1.82) is 0 Å². The largest absolute Gasteiger partial charge is 0.368 e. The molecule has 28 heavy (non-hydrogen) atoms. The molecular formula is C25H29N3.